The summed E-state index contributed by atoms with van der Waals surface area (Å²) in [4.78, 5) is 25.4. The number of fused-ring (bicyclic) bond motifs is 1. The molecule has 2 aromatic heterocycles. The molecule has 0 saturated carbocycles. The minimum Gasteiger partial charge on any atom is -0.388 e. The van der Waals surface area contributed by atoms with Crippen molar-refractivity contribution in [2.24, 2.45) is 16.5 Å². The molecule has 0 spiro atoms. The minimum atomic E-state index is -0.586. The molecule has 0 aliphatic rings. The Balaban J connectivity index is 1.67. The highest BCUT2D eigenvalue weighted by Gasteiger charge is 2.21. The van der Waals surface area contributed by atoms with Crippen LogP contribution in [0.5, 0.6) is 0 Å². The van der Waals surface area contributed by atoms with Crippen molar-refractivity contribution in [1.29, 1.82) is 0 Å². The van der Waals surface area contributed by atoms with Crippen molar-refractivity contribution >= 4 is 40.2 Å². The van der Waals surface area contributed by atoms with Crippen molar-refractivity contribution < 1.29 is 8.78 Å². The fourth-order valence-electron chi connectivity index (χ4n) is 5.41. The van der Waals surface area contributed by atoms with Gasteiger partial charge in [0.05, 0.1) is 22.2 Å². The van der Waals surface area contributed by atoms with Gasteiger partial charge < -0.3 is 21.8 Å². The number of H-pyrrole nitrogens is 1. The highest BCUT2D eigenvalue weighted by molar-refractivity contribution is 7.98. The molecule has 2 unspecified atom stereocenters. The molecule has 12 heteroatoms. The molecule has 0 aliphatic heterocycles. The number of aromatic amines is 1. The zero-order valence-corrected chi connectivity index (χ0v) is 27.8. The van der Waals surface area contributed by atoms with E-state index in [1.54, 1.807) is 31.3 Å². The number of hydrogen-bond donors (Lipinski definition) is 4. The van der Waals surface area contributed by atoms with Crippen LogP contribution in [0.4, 0.5) is 8.78 Å². The van der Waals surface area contributed by atoms with E-state index in [9.17, 15) is 4.79 Å². The van der Waals surface area contributed by atoms with E-state index in [1.165, 1.54) is 22.4 Å². The lowest BCUT2D eigenvalue weighted by molar-refractivity contribution is 0.459. The van der Waals surface area contributed by atoms with E-state index in [-0.39, 0.29) is 22.7 Å². The molecule has 0 aliphatic carbocycles. The molecule has 0 fully saturated rings. The number of nitrogens with two attached hydrogens (primary N) is 2. The first-order valence-corrected chi connectivity index (χ1v) is 16.9. The summed E-state index contributed by atoms with van der Waals surface area (Å²) in [6.45, 7) is 7.03. The van der Waals surface area contributed by atoms with Gasteiger partial charge in [-0.1, -0.05) is 24.9 Å². The summed E-state index contributed by atoms with van der Waals surface area (Å²) in [5.74, 6) is -0.424. The molecule has 45 heavy (non-hydrogen) atoms. The number of halogens is 3. The van der Waals surface area contributed by atoms with Crippen molar-refractivity contribution in [3.8, 4) is 16.9 Å². The van der Waals surface area contributed by atoms with Crippen LogP contribution < -0.4 is 22.5 Å². The van der Waals surface area contributed by atoms with Gasteiger partial charge in [0.2, 0.25) is 0 Å². The van der Waals surface area contributed by atoms with E-state index in [0.29, 0.717) is 53.3 Å². The van der Waals surface area contributed by atoms with Crippen LogP contribution in [-0.2, 0) is 6.42 Å². The van der Waals surface area contributed by atoms with Gasteiger partial charge in [0.25, 0.3) is 0 Å². The molecule has 0 radical (unpaired) electrons. The van der Waals surface area contributed by atoms with E-state index in [1.807, 2.05) is 19.2 Å². The number of thioether (sulfide) groups is 1. The summed E-state index contributed by atoms with van der Waals surface area (Å²) in [6, 6.07) is 8.16. The van der Waals surface area contributed by atoms with Crippen molar-refractivity contribution in [1.82, 2.24) is 19.9 Å². The van der Waals surface area contributed by atoms with Crippen LogP contribution in [0.15, 0.2) is 51.2 Å². The third kappa shape index (κ3) is 8.72. The Hall–Kier alpha value is -3.25. The second-order valence-electron chi connectivity index (χ2n) is 11.4. The molecular formula is C33H42ClF2N7OS. The monoisotopic (exact) mass is 657 g/mol. The van der Waals surface area contributed by atoms with Crippen molar-refractivity contribution in [2.75, 3.05) is 19.3 Å². The van der Waals surface area contributed by atoms with E-state index in [4.69, 9.17) is 23.1 Å². The smallest absolute Gasteiger partial charge is 0.354 e. The molecule has 0 saturated heterocycles. The molecule has 8 nitrogen and oxygen atoms in total. The highest BCUT2D eigenvalue weighted by Crippen LogP contribution is 2.34. The summed E-state index contributed by atoms with van der Waals surface area (Å²) in [7, 11) is 0. The lowest BCUT2D eigenvalue weighted by Crippen LogP contribution is -2.25. The van der Waals surface area contributed by atoms with Gasteiger partial charge in [0.15, 0.2) is 5.82 Å². The van der Waals surface area contributed by atoms with Gasteiger partial charge in [-0.3, -0.25) is 9.56 Å². The minimum absolute atomic E-state index is 0.0182. The van der Waals surface area contributed by atoms with Crippen LogP contribution in [0.25, 0.3) is 28.0 Å². The molecule has 4 rings (SSSR count). The zero-order valence-electron chi connectivity index (χ0n) is 26.2. The maximum atomic E-state index is 15.9. The lowest BCUT2D eigenvalue weighted by Gasteiger charge is -2.22. The highest BCUT2D eigenvalue weighted by atomic mass is 35.5. The predicted octanol–water partition coefficient (Wildman–Crippen LogP) is 6.90. The summed E-state index contributed by atoms with van der Waals surface area (Å²) in [5, 5.41) is 4.06. The number of nitrogens with zero attached hydrogens (tertiary/aromatic N) is 3. The SMILES string of the molecule is CCCC(NCCCN=C(C)N)c1c(F)cc(-n2cc3cc(-c4cc(CCCC(C)N)cc(Cl)c4F)[nH]c3nc2=O)cc1SC. The molecule has 4 aromatic rings. The first kappa shape index (κ1) is 34.6. The number of rotatable bonds is 15. The van der Waals surface area contributed by atoms with Crippen LogP contribution in [0.3, 0.4) is 0 Å². The number of nitrogens with one attached hydrogen (secondary N) is 2. The summed E-state index contributed by atoms with van der Waals surface area (Å²) >= 11 is 7.68. The molecular weight excluding hydrogens is 616 g/mol. The predicted molar refractivity (Wildman–Crippen MR) is 183 cm³/mol. The van der Waals surface area contributed by atoms with Crippen molar-refractivity contribution in [2.45, 2.75) is 76.3 Å². The van der Waals surface area contributed by atoms with E-state index in [2.05, 4.69) is 27.2 Å². The molecule has 2 heterocycles. The summed E-state index contributed by atoms with van der Waals surface area (Å²) in [5.41, 5.74) is 13.8. The summed E-state index contributed by atoms with van der Waals surface area (Å²) < 4.78 is 32.4. The third-order valence-corrected chi connectivity index (χ3v) is 8.65. The summed E-state index contributed by atoms with van der Waals surface area (Å²) in [6.07, 6.45) is 8.26. The van der Waals surface area contributed by atoms with Gasteiger partial charge in [-0.2, -0.15) is 4.98 Å². The van der Waals surface area contributed by atoms with Crippen LogP contribution in [-0.4, -0.2) is 45.8 Å². The van der Waals surface area contributed by atoms with Gasteiger partial charge >= 0.3 is 5.69 Å². The van der Waals surface area contributed by atoms with Crippen molar-refractivity contribution in [3.05, 3.63) is 74.8 Å². The van der Waals surface area contributed by atoms with Crippen LogP contribution in [0, 0.1) is 11.6 Å². The fraction of sp³-hybridized carbons (Fsp3) is 0.424. The van der Waals surface area contributed by atoms with E-state index < -0.39 is 17.3 Å². The fourth-order valence-corrected chi connectivity index (χ4v) is 6.35. The molecule has 2 aromatic carbocycles. The first-order chi connectivity index (χ1) is 21.5. The number of hydrogen-bond acceptors (Lipinski definition) is 6. The Bertz CT molecular complexity index is 1720. The number of aliphatic imine (C=N–C) groups is 1. The van der Waals surface area contributed by atoms with Crippen LogP contribution in [0.1, 0.15) is 70.0 Å². The number of aromatic nitrogens is 3. The molecule has 2 atom stereocenters. The quantitative estimate of drug-likeness (QED) is 0.0477. The lowest BCUT2D eigenvalue weighted by atomic mass is 10.0. The van der Waals surface area contributed by atoms with Crippen LogP contribution >= 0.6 is 23.4 Å². The normalized spacial score (nSPS) is 13.5. The average Bonchev–Trinajstić information content (AvgIpc) is 3.39. The number of aryl methyl sites for hydroxylation is 1. The Kier molecular flexibility index (Phi) is 12.2. The van der Waals surface area contributed by atoms with Gasteiger partial charge in [-0.15, -0.1) is 11.8 Å². The van der Waals surface area contributed by atoms with Gasteiger partial charge in [-0.25, -0.2) is 13.6 Å². The maximum Gasteiger partial charge on any atom is 0.354 e. The average molecular weight is 658 g/mol. The maximum absolute atomic E-state index is 15.9. The Labute approximate surface area is 272 Å². The molecule has 242 valence electrons. The molecule has 0 bridgehead atoms. The Morgan fingerprint density at radius 1 is 1.20 bits per heavy atom. The first-order valence-electron chi connectivity index (χ1n) is 15.3. The van der Waals surface area contributed by atoms with E-state index >= 15 is 8.78 Å². The largest absolute Gasteiger partial charge is 0.388 e. The topological polar surface area (TPSA) is 127 Å². The Morgan fingerprint density at radius 3 is 2.67 bits per heavy atom. The third-order valence-electron chi connectivity index (χ3n) is 7.60. The number of benzene rings is 2. The standard InChI is InChI=1S/C33H42ClF2N7OS/c1-5-8-27(40-12-7-11-39-20(3)38)30-26(35)16-23(17-29(30)45-4)43-18-22-15-28(41-32(22)42-33(43)44)24-13-21(10-6-9-19(2)37)14-25(34)31(24)36/h13-19,27,40H,5-12,37H2,1-4H3,(H2,38,39)(H,41,42,44). The molecule has 6 N–H and O–H groups in total. The Morgan fingerprint density at radius 2 is 1.98 bits per heavy atom. The number of amidine groups is 1. The van der Waals surface area contributed by atoms with Crippen molar-refractivity contribution in [3.63, 3.8) is 0 Å². The van der Waals surface area contributed by atoms with Crippen LogP contribution in [0.2, 0.25) is 5.02 Å². The molecule has 0 amide bonds. The zero-order chi connectivity index (χ0) is 32.7. The second-order valence-corrected chi connectivity index (χ2v) is 12.7. The van der Waals surface area contributed by atoms with Gasteiger partial charge in [0.1, 0.15) is 11.5 Å². The van der Waals surface area contributed by atoms with E-state index in [0.717, 1.165) is 42.6 Å². The van der Waals surface area contributed by atoms with Gasteiger partial charge in [-0.05, 0) is 94.6 Å². The van der Waals surface area contributed by atoms with Gasteiger partial charge in [0, 0.05) is 46.2 Å². The second kappa shape index (κ2) is 15.8.